The average molecular weight is 281 g/mol. The van der Waals surface area contributed by atoms with Gasteiger partial charge in [0.2, 0.25) is 0 Å². The second-order valence-electron chi connectivity index (χ2n) is 4.71. The maximum Gasteiger partial charge on any atom is 0.261 e. The fourth-order valence-corrected chi connectivity index (χ4v) is 2.69. The molecular weight excluding hydrogens is 265 g/mol. The topological polar surface area (TPSA) is 49.3 Å². The molecule has 1 heterocycles. The lowest BCUT2D eigenvalue weighted by Gasteiger charge is -2.18. The van der Waals surface area contributed by atoms with E-state index in [-0.39, 0.29) is 30.3 Å². The van der Waals surface area contributed by atoms with Crippen molar-refractivity contribution in [2.24, 2.45) is 5.92 Å². The molecule has 2 N–H and O–H groups in total. The molecular formula is C14H16FNO2S. The first kappa shape index (κ1) is 14.0. The van der Waals surface area contributed by atoms with Gasteiger partial charge in [0, 0.05) is 17.3 Å². The van der Waals surface area contributed by atoms with Crippen LogP contribution in [0, 0.1) is 11.7 Å². The first-order valence-electron chi connectivity index (χ1n) is 6.12. The number of hydrogen-bond acceptors (Lipinski definition) is 3. The molecule has 2 unspecified atom stereocenters. The molecule has 2 rings (SSSR count). The molecule has 0 fully saturated rings. The summed E-state index contributed by atoms with van der Waals surface area (Å²) >= 11 is 1.27. The lowest BCUT2D eigenvalue weighted by molar-refractivity contribution is 0.0920. The Morgan fingerprint density at radius 3 is 2.84 bits per heavy atom. The average Bonchev–Trinajstić information content (AvgIpc) is 2.80. The predicted octanol–water partition coefficient (Wildman–Crippen LogP) is 2.79. The molecule has 1 aromatic carbocycles. The molecule has 0 aliphatic rings. The second-order valence-corrected chi connectivity index (χ2v) is 5.80. The van der Waals surface area contributed by atoms with Gasteiger partial charge in [0.1, 0.15) is 5.82 Å². The third-order valence-corrected chi connectivity index (χ3v) is 4.30. The fourth-order valence-electron chi connectivity index (χ4n) is 1.70. The third kappa shape index (κ3) is 3.11. The summed E-state index contributed by atoms with van der Waals surface area (Å²) in [4.78, 5) is 12.6. The van der Waals surface area contributed by atoms with E-state index in [2.05, 4.69) is 5.32 Å². The highest BCUT2D eigenvalue weighted by atomic mass is 32.1. The summed E-state index contributed by atoms with van der Waals surface area (Å²) < 4.78 is 13.8. The molecule has 0 radical (unpaired) electrons. The van der Waals surface area contributed by atoms with Crippen molar-refractivity contribution in [2.75, 3.05) is 6.61 Å². The SMILES string of the molecule is CC(CO)C(C)NC(=O)c1cc2ccc(F)cc2s1. The number of carbonyl (C=O) groups is 1. The third-order valence-electron chi connectivity index (χ3n) is 3.21. The van der Waals surface area contributed by atoms with Gasteiger partial charge in [-0.2, -0.15) is 0 Å². The Balaban J connectivity index is 2.17. The molecule has 2 aromatic rings. The van der Waals surface area contributed by atoms with Crippen LogP contribution in [0.3, 0.4) is 0 Å². The number of rotatable bonds is 4. The van der Waals surface area contributed by atoms with Crippen molar-refractivity contribution in [2.45, 2.75) is 19.9 Å². The van der Waals surface area contributed by atoms with Crippen molar-refractivity contribution in [3.05, 3.63) is 35.0 Å². The molecule has 0 saturated carbocycles. The monoisotopic (exact) mass is 281 g/mol. The van der Waals surface area contributed by atoms with Gasteiger partial charge in [-0.05, 0) is 36.4 Å². The van der Waals surface area contributed by atoms with Gasteiger partial charge in [0.15, 0.2) is 0 Å². The van der Waals surface area contributed by atoms with E-state index in [0.717, 1.165) is 10.1 Å². The van der Waals surface area contributed by atoms with E-state index in [1.54, 1.807) is 12.1 Å². The van der Waals surface area contributed by atoms with Crippen LogP contribution in [0.4, 0.5) is 4.39 Å². The summed E-state index contributed by atoms with van der Waals surface area (Å²) in [6.45, 7) is 3.75. The first-order chi connectivity index (χ1) is 9.01. The molecule has 0 aliphatic heterocycles. The lowest BCUT2D eigenvalue weighted by atomic mass is 10.1. The Bertz CT molecular complexity index is 596. The zero-order valence-electron chi connectivity index (χ0n) is 10.8. The van der Waals surface area contributed by atoms with E-state index in [1.807, 2.05) is 13.8 Å². The van der Waals surface area contributed by atoms with Crippen molar-refractivity contribution in [3.8, 4) is 0 Å². The zero-order chi connectivity index (χ0) is 14.0. The molecule has 1 amide bonds. The standard InChI is InChI=1S/C14H16FNO2S/c1-8(7-17)9(2)16-14(18)13-5-10-3-4-11(15)6-12(10)19-13/h3-6,8-9,17H,7H2,1-2H3,(H,16,18). The number of thiophene rings is 1. The molecule has 2 atom stereocenters. The van der Waals surface area contributed by atoms with Gasteiger partial charge in [-0.15, -0.1) is 11.3 Å². The zero-order valence-corrected chi connectivity index (χ0v) is 11.6. The Morgan fingerprint density at radius 2 is 2.16 bits per heavy atom. The van der Waals surface area contributed by atoms with Crippen molar-refractivity contribution in [3.63, 3.8) is 0 Å². The predicted molar refractivity (Wildman–Crippen MR) is 75.0 cm³/mol. The number of aliphatic hydroxyl groups is 1. The van der Waals surface area contributed by atoms with Gasteiger partial charge < -0.3 is 10.4 Å². The number of benzene rings is 1. The van der Waals surface area contributed by atoms with Crippen LogP contribution in [0.25, 0.3) is 10.1 Å². The Labute approximate surface area is 115 Å². The van der Waals surface area contributed by atoms with Gasteiger partial charge in [0.25, 0.3) is 5.91 Å². The molecule has 1 aromatic heterocycles. The van der Waals surface area contributed by atoms with Crippen LogP contribution >= 0.6 is 11.3 Å². The van der Waals surface area contributed by atoms with Gasteiger partial charge in [-0.25, -0.2) is 4.39 Å². The van der Waals surface area contributed by atoms with Crippen LogP contribution in [0.5, 0.6) is 0 Å². The number of hydrogen-bond donors (Lipinski definition) is 2. The smallest absolute Gasteiger partial charge is 0.261 e. The van der Waals surface area contributed by atoms with Crippen LogP contribution < -0.4 is 5.32 Å². The molecule has 0 aliphatic carbocycles. The number of halogens is 1. The maximum atomic E-state index is 13.1. The second kappa shape index (κ2) is 5.67. The number of aliphatic hydroxyl groups excluding tert-OH is 1. The van der Waals surface area contributed by atoms with Crippen LogP contribution in [-0.4, -0.2) is 23.7 Å². The van der Waals surface area contributed by atoms with E-state index in [0.29, 0.717) is 4.88 Å². The number of fused-ring (bicyclic) bond motifs is 1. The van der Waals surface area contributed by atoms with Crippen LogP contribution in [0.1, 0.15) is 23.5 Å². The molecule has 102 valence electrons. The Hall–Kier alpha value is -1.46. The summed E-state index contributed by atoms with van der Waals surface area (Å²) in [5.41, 5.74) is 0. The maximum absolute atomic E-state index is 13.1. The minimum absolute atomic E-state index is 0.00391. The highest BCUT2D eigenvalue weighted by Gasteiger charge is 2.16. The molecule has 0 spiro atoms. The summed E-state index contributed by atoms with van der Waals surface area (Å²) in [7, 11) is 0. The van der Waals surface area contributed by atoms with Crippen molar-refractivity contribution in [1.29, 1.82) is 0 Å². The Morgan fingerprint density at radius 1 is 1.42 bits per heavy atom. The summed E-state index contributed by atoms with van der Waals surface area (Å²) in [5.74, 6) is -0.492. The summed E-state index contributed by atoms with van der Waals surface area (Å²) in [6, 6.07) is 6.12. The van der Waals surface area contributed by atoms with E-state index >= 15 is 0 Å². The molecule has 5 heteroatoms. The molecule has 19 heavy (non-hydrogen) atoms. The minimum atomic E-state index is -0.302. The van der Waals surface area contributed by atoms with Crippen LogP contribution in [-0.2, 0) is 0 Å². The van der Waals surface area contributed by atoms with Gasteiger partial charge in [-0.1, -0.05) is 13.0 Å². The molecule has 3 nitrogen and oxygen atoms in total. The highest BCUT2D eigenvalue weighted by Crippen LogP contribution is 2.26. The van der Waals surface area contributed by atoms with Crippen LogP contribution in [0.15, 0.2) is 24.3 Å². The minimum Gasteiger partial charge on any atom is -0.396 e. The molecule has 0 saturated heterocycles. The summed E-state index contributed by atoms with van der Waals surface area (Å²) in [5, 5.41) is 12.7. The van der Waals surface area contributed by atoms with Crippen molar-refractivity contribution in [1.82, 2.24) is 5.32 Å². The normalized spacial score (nSPS) is 14.3. The van der Waals surface area contributed by atoms with Gasteiger partial charge in [0.05, 0.1) is 4.88 Å². The van der Waals surface area contributed by atoms with Crippen molar-refractivity contribution >= 4 is 27.3 Å². The van der Waals surface area contributed by atoms with E-state index in [1.165, 1.54) is 23.5 Å². The van der Waals surface area contributed by atoms with Crippen LogP contribution in [0.2, 0.25) is 0 Å². The Kier molecular flexibility index (Phi) is 4.17. The van der Waals surface area contributed by atoms with Gasteiger partial charge >= 0.3 is 0 Å². The summed E-state index contributed by atoms with van der Waals surface area (Å²) in [6.07, 6.45) is 0. The van der Waals surface area contributed by atoms with E-state index in [9.17, 15) is 9.18 Å². The number of nitrogens with one attached hydrogen (secondary N) is 1. The quantitative estimate of drug-likeness (QED) is 0.905. The largest absolute Gasteiger partial charge is 0.396 e. The molecule has 0 bridgehead atoms. The van der Waals surface area contributed by atoms with Crippen molar-refractivity contribution < 1.29 is 14.3 Å². The number of carbonyl (C=O) groups excluding carboxylic acids is 1. The number of amides is 1. The van der Waals surface area contributed by atoms with E-state index in [4.69, 9.17) is 5.11 Å². The highest BCUT2D eigenvalue weighted by molar-refractivity contribution is 7.20. The van der Waals surface area contributed by atoms with Gasteiger partial charge in [-0.3, -0.25) is 4.79 Å². The fraction of sp³-hybridized carbons (Fsp3) is 0.357. The first-order valence-corrected chi connectivity index (χ1v) is 6.93. The van der Waals surface area contributed by atoms with E-state index < -0.39 is 0 Å². The lowest BCUT2D eigenvalue weighted by Crippen LogP contribution is -2.37.